The molecule has 1 unspecified atom stereocenters. The molecule has 0 aromatic heterocycles. The molecule has 0 amide bonds. The molecule has 1 aliphatic heterocycles. The van der Waals surface area contributed by atoms with E-state index in [1.54, 1.807) is 34.9 Å². The third-order valence-electron chi connectivity index (χ3n) is 3.88. The summed E-state index contributed by atoms with van der Waals surface area (Å²) in [5.74, 6) is 2.49. The summed E-state index contributed by atoms with van der Waals surface area (Å²) in [6, 6.07) is 10.3. The van der Waals surface area contributed by atoms with E-state index in [9.17, 15) is 8.42 Å². The van der Waals surface area contributed by atoms with Gasteiger partial charge in [-0.3, -0.25) is 4.99 Å². The van der Waals surface area contributed by atoms with Crippen molar-refractivity contribution in [1.29, 1.82) is 0 Å². The van der Waals surface area contributed by atoms with Crippen molar-refractivity contribution < 1.29 is 8.42 Å². The van der Waals surface area contributed by atoms with Gasteiger partial charge in [0.25, 0.3) is 0 Å². The number of nitrogens with zero attached hydrogens (tertiary/aromatic N) is 2. The van der Waals surface area contributed by atoms with Crippen molar-refractivity contribution in [3.8, 4) is 0 Å². The van der Waals surface area contributed by atoms with E-state index in [0.717, 1.165) is 18.1 Å². The third kappa shape index (κ3) is 7.38. The summed E-state index contributed by atoms with van der Waals surface area (Å²) >= 11 is 3.60. The van der Waals surface area contributed by atoms with Crippen LogP contribution in [-0.2, 0) is 10.0 Å². The van der Waals surface area contributed by atoms with E-state index >= 15 is 0 Å². The predicted octanol–water partition coefficient (Wildman–Crippen LogP) is 1.71. The molecule has 1 heterocycles. The maximum Gasteiger partial charge on any atom is 0.215 e. The molecule has 1 atom stereocenters. The van der Waals surface area contributed by atoms with Gasteiger partial charge in [-0.15, -0.1) is 11.8 Å². The summed E-state index contributed by atoms with van der Waals surface area (Å²) in [4.78, 5) is 5.40. The minimum Gasteiger partial charge on any atom is -0.355 e. The van der Waals surface area contributed by atoms with Crippen LogP contribution in [0.3, 0.4) is 0 Å². The maximum absolute atomic E-state index is 12.3. The van der Waals surface area contributed by atoms with Gasteiger partial charge in [0.15, 0.2) is 5.96 Å². The number of guanidine groups is 1. The SMILES string of the molecule is CN=C(NCCS(=O)(=O)N1CCSCC1)NCC(C)Sc1ccccc1. The largest absolute Gasteiger partial charge is 0.355 e. The van der Waals surface area contributed by atoms with Crippen LogP contribution in [0.2, 0.25) is 0 Å². The molecule has 1 aliphatic rings. The van der Waals surface area contributed by atoms with Crippen molar-refractivity contribution in [2.45, 2.75) is 17.1 Å². The maximum atomic E-state index is 12.3. The van der Waals surface area contributed by atoms with E-state index in [2.05, 4.69) is 34.7 Å². The van der Waals surface area contributed by atoms with Crippen LogP contribution in [0, 0.1) is 0 Å². The van der Waals surface area contributed by atoms with Gasteiger partial charge < -0.3 is 10.6 Å². The molecule has 0 radical (unpaired) electrons. The molecule has 2 N–H and O–H groups in total. The Bertz CT molecular complexity index is 662. The van der Waals surface area contributed by atoms with E-state index in [1.807, 2.05) is 18.2 Å². The molecule has 26 heavy (non-hydrogen) atoms. The first kappa shape index (κ1) is 21.4. The van der Waals surface area contributed by atoms with Crippen LogP contribution in [0.25, 0.3) is 0 Å². The molecule has 6 nitrogen and oxygen atoms in total. The van der Waals surface area contributed by atoms with Gasteiger partial charge in [-0.25, -0.2) is 12.7 Å². The molecule has 1 saturated heterocycles. The average molecular weight is 417 g/mol. The number of rotatable bonds is 8. The Balaban J connectivity index is 1.70. The summed E-state index contributed by atoms with van der Waals surface area (Å²) < 4.78 is 26.3. The molecule has 0 bridgehead atoms. The zero-order chi connectivity index (χ0) is 18.8. The van der Waals surface area contributed by atoms with E-state index < -0.39 is 10.0 Å². The summed E-state index contributed by atoms with van der Waals surface area (Å²) in [5, 5.41) is 6.73. The highest BCUT2D eigenvalue weighted by atomic mass is 32.2. The van der Waals surface area contributed by atoms with Crippen molar-refractivity contribution in [3.63, 3.8) is 0 Å². The summed E-state index contributed by atoms with van der Waals surface area (Å²) in [6.45, 7) is 4.49. The van der Waals surface area contributed by atoms with Gasteiger partial charge in [-0.2, -0.15) is 11.8 Å². The first-order valence-corrected chi connectivity index (χ1v) is 12.4. The van der Waals surface area contributed by atoms with Gasteiger partial charge in [-0.1, -0.05) is 25.1 Å². The predicted molar refractivity (Wildman–Crippen MR) is 114 cm³/mol. The number of nitrogens with one attached hydrogen (secondary N) is 2. The minimum atomic E-state index is -3.19. The van der Waals surface area contributed by atoms with Gasteiger partial charge in [-0.05, 0) is 12.1 Å². The van der Waals surface area contributed by atoms with Gasteiger partial charge in [0.1, 0.15) is 0 Å². The molecule has 1 aromatic carbocycles. The Morgan fingerprint density at radius 3 is 2.62 bits per heavy atom. The highest BCUT2D eigenvalue weighted by Gasteiger charge is 2.23. The van der Waals surface area contributed by atoms with Crippen molar-refractivity contribution in [2.75, 3.05) is 50.5 Å². The monoisotopic (exact) mass is 416 g/mol. The fourth-order valence-corrected chi connectivity index (χ4v) is 5.92. The number of aliphatic imine (C=N–C) groups is 1. The van der Waals surface area contributed by atoms with Gasteiger partial charge in [0.2, 0.25) is 10.0 Å². The molecule has 9 heteroatoms. The molecule has 1 aromatic rings. The van der Waals surface area contributed by atoms with E-state index in [1.165, 1.54) is 4.90 Å². The summed E-state index contributed by atoms with van der Waals surface area (Å²) in [7, 11) is -1.49. The fraction of sp³-hybridized carbons (Fsp3) is 0.588. The lowest BCUT2D eigenvalue weighted by molar-refractivity contribution is 0.443. The number of hydrogen-bond donors (Lipinski definition) is 2. The number of benzene rings is 1. The lowest BCUT2D eigenvalue weighted by Gasteiger charge is -2.25. The van der Waals surface area contributed by atoms with Crippen molar-refractivity contribution in [1.82, 2.24) is 14.9 Å². The smallest absolute Gasteiger partial charge is 0.215 e. The molecular formula is C17H28N4O2S3. The van der Waals surface area contributed by atoms with Crippen LogP contribution >= 0.6 is 23.5 Å². The molecule has 1 fully saturated rings. The van der Waals surface area contributed by atoms with Crippen molar-refractivity contribution in [3.05, 3.63) is 30.3 Å². The Hall–Kier alpha value is -0.900. The average Bonchev–Trinajstić information content (AvgIpc) is 2.66. The van der Waals surface area contributed by atoms with Crippen LogP contribution < -0.4 is 10.6 Å². The topological polar surface area (TPSA) is 73.8 Å². The molecule has 146 valence electrons. The number of sulfonamides is 1. The van der Waals surface area contributed by atoms with Crippen LogP contribution in [-0.4, -0.2) is 74.4 Å². The second-order valence-electron chi connectivity index (χ2n) is 5.95. The van der Waals surface area contributed by atoms with Gasteiger partial charge in [0.05, 0.1) is 5.75 Å². The Kier molecular flexibility index (Phi) is 9.10. The molecular weight excluding hydrogens is 388 g/mol. The third-order valence-corrected chi connectivity index (χ3v) is 7.80. The Labute approximate surface area is 165 Å². The Morgan fingerprint density at radius 2 is 1.96 bits per heavy atom. The molecule has 0 spiro atoms. The second kappa shape index (κ2) is 11.1. The zero-order valence-electron chi connectivity index (χ0n) is 15.3. The quantitative estimate of drug-likeness (QED) is 0.382. The fourth-order valence-electron chi connectivity index (χ4n) is 2.49. The Morgan fingerprint density at radius 1 is 1.27 bits per heavy atom. The lowest BCUT2D eigenvalue weighted by Crippen LogP contribution is -2.45. The molecule has 0 aliphatic carbocycles. The lowest BCUT2D eigenvalue weighted by atomic mass is 10.4. The highest BCUT2D eigenvalue weighted by Crippen LogP contribution is 2.21. The van der Waals surface area contributed by atoms with Crippen LogP contribution in [0.4, 0.5) is 0 Å². The minimum absolute atomic E-state index is 0.0900. The molecule has 2 rings (SSSR count). The van der Waals surface area contributed by atoms with Crippen molar-refractivity contribution >= 4 is 39.5 Å². The van der Waals surface area contributed by atoms with Crippen LogP contribution in [0.15, 0.2) is 40.2 Å². The standard InChI is InChI=1S/C17H28N4O2S3/c1-15(25-16-6-4-3-5-7-16)14-20-17(18-2)19-8-13-26(22,23)21-9-11-24-12-10-21/h3-7,15H,8-14H2,1-2H3,(H2,18,19,20). The van der Waals surface area contributed by atoms with Gasteiger partial charge >= 0.3 is 0 Å². The van der Waals surface area contributed by atoms with E-state index in [-0.39, 0.29) is 5.75 Å². The zero-order valence-corrected chi connectivity index (χ0v) is 17.8. The first-order valence-electron chi connectivity index (χ1n) is 8.73. The highest BCUT2D eigenvalue weighted by molar-refractivity contribution is 8.00. The van der Waals surface area contributed by atoms with E-state index in [4.69, 9.17) is 0 Å². The van der Waals surface area contributed by atoms with Crippen LogP contribution in [0.5, 0.6) is 0 Å². The van der Waals surface area contributed by atoms with Gasteiger partial charge in [0, 0.05) is 54.9 Å². The first-order chi connectivity index (χ1) is 12.5. The molecule has 0 saturated carbocycles. The summed E-state index contributed by atoms with van der Waals surface area (Å²) in [6.07, 6.45) is 0. The summed E-state index contributed by atoms with van der Waals surface area (Å²) in [5.41, 5.74) is 0. The number of hydrogen-bond acceptors (Lipinski definition) is 5. The van der Waals surface area contributed by atoms with Crippen molar-refractivity contribution in [2.24, 2.45) is 4.99 Å². The van der Waals surface area contributed by atoms with Crippen LogP contribution in [0.1, 0.15) is 6.92 Å². The normalized spacial score (nSPS) is 17.7. The number of thioether (sulfide) groups is 2. The second-order valence-corrected chi connectivity index (χ2v) is 10.8. The van der Waals surface area contributed by atoms with E-state index in [0.29, 0.717) is 30.8 Å².